The van der Waals surface area contributed by atoms with Crippen molar-refractivity contribution in [1.82, 2.24) is 9.21 Å². The maximum absolute atomic E-state index is 12.4. The first-order chi connectivity index (χ1) is 12.0. The van der Waals surface area contributed by atoms with Crippen LogP contribution in [0.25, 0.3) is 0 Å². The van der Waals surface area contributed by atoms with Gasteiger partial charge in [-0.25, -0.2) is 8.42 Å². The number of rotatable bonds is 4. The monoisotopic (exact) mass is 360 g/mol. The van der Waals surface area contributed by atoms with Crippen molar-refractivity contribution in [3.05, 3.63) is 60.1 Å². The highest BCUT2D eigenvalue weighted by Crippen LogP contribution is 2.46. The maximum Gasteiger partial charge on any atom is 0.211 e. The van der Waals surface area contributed by atoms with E-state index in [4.69, 9.17) is 4.42 Å². The smallest absolute Gasteiger partial charge is 0.211 e. The van der Waals surface area contributed by atoms with Crippen LogP contribution in [0.4, 0.5) is 0 Å². The van der Waals surface area contributed by atoms with Crippen LogP contribution < -0.4 is 0 Å². The Labute approximate surface area is 149 Å². The molecule has 0 bridgehead atoms. The topological polar surface area (TPSA) is 53.8 Å². The summed E-state index contributed by atoms with van der Waals surface area (Å²) in [6.45, 7) is 3.13. The first kappa shape index (κ1) is 16.8. The van der Waals surface area contributed by atoms with E-state index < -0.39 is 10.0 Å². The number of benzene rings is 1. The van der Waals surface area contributed by atoms with Crippen molar-refractivity contribution in [1.29, 1.82) is 0 Å². The minimum atomic E-state index is -3.22. The zero-order valence-electron chi connectivity index (χ0n) is 14.5. The summed E-state index contributed by atoms with van der Waals surface area (Å²) < 4.78 is 31.7. The van der Waals surface area contributed by atoms with Crippen molar-refractivity contribution >= 4 is 10.0 Å². The molecule has 1 aromatic heterocycles. The molecule has 0 radical (unpaired) electrons. The molecule has 2 atom stereocenters. The fourth-order valence-corrected chi connectivity index (χ4v) is 5.74. The third-order valence-corrected chi connectivity index (χ3v) is 7.12. The molecule has 1 aromatic carbocycles. The number of sulfonamides is 1. The van der Waals surface area contributed by atoms with Crippen molar-refractivity contribution in [2.75, 3.05) is 25.9 Å². The summed E-state index contributed by atoms with van der Waals surface area (Å²) in [6.07, 6.45) is 6.66. The van der Waals surface area contributed by atoms with Gasteiger partial charge in [0.2, 0.25) is 10.0 Å². The second-order valence-corrected chi connectivity index (χ2v) is 9.21. The van der Waals surface area contributed by atoms with Crippen molar-refractivity contribution in [2.24, 2.45) is 0 Å². The average molecular weight is 360 g/mol. The molecule has 0 saturated carbocycles. The zero-order chi connectivity index (χ0) is 17.5. The number of fused-ring (bicyclic) bond motifs is 1. The highest BCUT2D eigenvalue weighted by molar-refractivity contribution is 7.88. The minimum Gasteiger partial charge on any atom is -0.472 e. The molecule has 2 aliphatic rings. The Morgan fingerprint density at radius 2 is 1.92 bits per heavy atom. The summed E-state index contributed by atoms with van der Waals surface area (Å²) in [5, 5.41) is 0. The van der Waals surface area contributed by atoms with Gasteiger partial charge in [0.15, 0.2) is 0 Å². The molecule has 4 rings (SSSR count). The van der Waals surface area contributed by atoms with E-state index in [0.717, 1.165) is 38.0 Å². The first-order valence-corrected chi connectivity index (χ1v) is 10.6. The number of hydrogen-bond donors (Lipinski definition) is 0. The summed E-state index contributed by atoms with van der Waals surface area (Å²) in [4.78, 5) is 2.35. The van der Waals surface area contributed by atoms with Gasteiger partial charge in [0.05, 0.1) is 18.8 Å². The molecular weight excluding hydrogens is 336 g/mol. The highest BCUT2D eigenvalue weighted by atomic mass is 32.2. The fraction of sp³-hybridized carbons (Fsp3) is 0.474. The molecule has 2 fully saturated rings. The van der Waals surface area contributed by atoms with Crippen LogP contribution in [0.15, 0.2) is 53.3 Å². The van der Waals surface area contributed by atoms with Gasteiger partial charge in [0.25, 0.3) is 0 Å². The van der Waals surface area contributed by atoms with E-state index in [1.807, 2.05) is 12.1 Å². The predicted molar refractivity (Wildman–Crippen MR) is 96.7 cm³/mol. The standard InChI is InChI=1S/C19H24N2O3S/c1-25(22,23)21-11-9-19(17-5-3-2-4-6-17)8-10-20(14-18(19)21)13-16-7-12-24-15-16/h2-7,12,15,18H,8-11,13-14H2,1H3/t18-,19-/m1/s1. The van der Waals surface area contributed by atoms with Gasteiger partial charge in [-0.15, -0.1) is 0 Å². The third kappa shape index (κ3) is 3.03. The first-order valence-electron chi connectivity index (χ1n) is 8.75. The van der Waals surface area contributed by atoms with E-state index in [1.165, 1.54) is 11.8 Å². The van der Waals surface area contributed by atoms with Gasteiger partial charge in [0.1, 0.15) is 0 Å². The Kier molecular flexibility index (Phi) is 4.22. The number of likely N-dealkylation sites (tertiary alicyclic amines) is 1. The maximum atomic E-state index is 12.4. The van der Waals surface area contributed by atoms with Crippen molar-refractivity contribution < 1.29 is 12.8 Å². The average Bonchev–Trinajstić information content (AvgIpc) is 3.23. The van der Waals surface area contributed by atoms with Crippen molar-refractivity contribution in [2.45, 2.75) is 30.8 Å². The Hall–Kier alpha value is -1.63. The predicted octanol–water partition coefficient (Wildman–Crippen LogP) is 2.46. The second-order valence-electron chi connectivity index (χ2n) is 7.28. The van der Waals surface area contributed by atoms with Gasteiger partial charge in [-0.1, -0.05) is 30.3 Å². The molecule has 2 saturated heterocycles. The van der Waals surface area contributed by atoms with Crippen molar-refractivity contribution in [3.63, 3.8) is 0 Å². The molecule has 0 N–H and O–H groups in total. The molecule has 2 aliphatic heterocycles. The van der Waals surface area contributed by atoms with E-state index in [-0.39, 0.29) is 11.5 Å². The number of nitrogens with zero attached hydrogens (tertiary/aromatic N) is 2. The van der Waals surface area contributed by atoms with Gasteiger partial charge in [0, 0.05) is 36.7 Å². The van der Waals surface area contributed by atoms with E-state index in [1.54, 1.807) is 16.8 Å². The van der Waals surface area contributed by atoms with E-state index in [2.05, 4.69) is 29.2 Å². The summed E-state index contributed by atoms with van der Waals surface area (Å²) in [6, 6.07) is 12.4. The van der Waals surface area contributed by atoms with Crippen LogP contribution in [0, 0.1) is 0 Å². The van der Waals surface area contributed by atoms with Crippen LogP contribution in [-0.4, -0.2) is 49.6 Å². The second kappa shape index (κ2) is 6.27. The van der Waals surface area contributed by atoms with Crippen LogP contribution >= 0.6 is 0 Å². The largest absolute Gasteiger partial charge is 0.472 e. The van der Waals surface area contributed by atoms with Gasteiger partial charge in [-0.05, 0) is 31.0 Å². The summed E-state index contributed by atoms with van der Waals surface area (Å²) in [5.74, 6) is 0. The summed E-state index contributed by atoms with van der Waals surface area (Å²) in [5.41, 5.74) is 2.34. The lowest BCUT2D eigenvalue weighted by Crippen LogP contribution is -2.56. The molecule has 0 amide bonds. The van der Waals surface area contributed by atoms with E-state index >= 15 is 0 Å². The van der Waals surface area contributed by atoms with E-state index in [0.29, 0.717) is 6.54 Å². The Balaban J connectivity index is 1.66. The molecule has 5 nitrogen and oxygen atoms in total. The highest BCUT2D eigenvalue weighted by Gasteiger charge is 2.53. The van der Waals surface area contributed by atoms with Crippen molar-refractivity contribution in [3.8, 4) is 0 Å². The number of hydrogen-bond acceptors (Lipinski definition) is 4. The van der Waals surface area contributed by atoms with Crippen LogP contribution in [-0.2, 0) is 22.0 Å². The quantitative estimate of drug-likeness (QED) is 0.840. The minimum absolute atomic E-state index is 0.00875. The number of piperidine rings is 1. The van der Waals surface area contributed by atoms with E-state index in [9.17, 15) is 8.42 Å². The molecule has 6 heteroatoms. The lowest BCUT2D eigenvalue weighted by atomic mass is 9.69. The lowest BCUT2D eigenvalue weighted by molar-refractivity contribution is 0.110. The van der Waals surface area contributed by atoms with Gasteiger partial charge >= 0.3 is 0 Å². The fourth-order valence-electron chi connectivity index (χ4n) is 4.59. The molecule has 3 heterocycles. The Bertz CT molecular complexity index is 820. The Morgan fingerprint density at radius 1 is 1.16 bits per heavy atom. The van der Waals surface area contributed by atoms with Crippen LogP contribution in [0.1, 0.15) is 24.0 Å². The number of furan rings is 1. The normalized spacial score (nSPS) is 28.1. The third-order valence-electron chi connectivity index (χ3n) is 5.83. The molecule has 0 unspecified atom stereocenters. The van der Waals surface area contributed by atoms with Gasteiger partial charge < -0.3 is 4.42 Å². The van der Waals surface area contributed by atoms with Crippen LogP contribution in [0.2, 0.25) is 0 Å². The Morgan fingerprint density at radius 3 is 2.60 bits per heavy atom. The van der Waals surface area contributed by atoms with Gasteiger partial charge in [-0.2, -0.15) is 4.31 Å². The zero-order valence-corrected chi connectivity index (χ0v) is 15.3. The van der Waals surface area contributed by atoms with Crippen LogP contribution in [0.3, 0.4) is 0 Å². The molecule has 2 aromatic rings. The lowest BCUT2D eigenvalue weighted by Gasteiger charge is -2.46. The summed E-state index contributed by atoms with van der Waals surface area (Å²) >= 11 is 0. The SMILES string of the molecule is CS(=O)(=O)N1CC[C@@]2(c3ccccc3)CCN(Cc3ccoc3)C[C@@H]12. The summed E-state index contributed by atoms with van der Waals surface area (Å²) in [7, 11) is -3.22. The van der Waals surface area contributed by atoms with Gasteiger partial charge in [-0.3, -0.25) is 4.90 Å². The van der Waals surface area contributed by atoms with Crippen LogP contribution in [0.5, 0.6) is 0 Å². The molecular formula is C19H24N2O3S. The molecule has 25 heavy (non-hydrogen) atoms. The molecule has 0 aliphatic carbocycles. The molecule has 134 valence electrons. The molecule has 0 spiro atoms.